The molecule has 1 aliphatic rings. The maximum absolute atomic E-state index is 13.8. The zero-order valence-corrected chi connectivity index (χ0v) is 25.3. The number of rotatable bonds is 12. The number of nitrogens with zero attached hydrogens (tertiary/aromatic N) is 2. The van der Waals surface area contributed by atoms with Gasteiger partial charge in [-0.25, -0.2) is 4.39 Å². The summed E-state index contributed by atoms with van der Waals surface area (Å²) in [5.41, 5.74) is 7.62. The van der Waals surface area contributed by atoms with Crippen molar-refractivity contribution in [1.82, 2.24) is 15.1 Å². The van der Waals surface area contributed by atoms with Crippen LogP contribution in [0, 0.1) is 11.7 Å². The first kappa shape index (κ1) is 32.3. The van der Waals surface area contributed by atoms with Crippen LogP contribution in [-0.4, -0.2) is 64.1 Å². The topological polar surface area (TPSA) is 125 Å². The maximum Gasteiger partial charge on any atom is 0.313 e. The molecule has 9 nitrogen and oxygen atoms in total. The Balaban J connectivity index is 1.44. The second-order valence-corrected chi connectivity index (χ2v) is 11.8. The molecule has 1 fully saturated rings. The molecule has 0 aliphatic carbocycles. The van der Waals surface area contributed by atoms with Gasteiger partial charge in [0, 0.05) is 43.3 Å². The molecule has 4 amide bonds. The number of hydrogen-bond donors (Lipinski definition) is 3. The Hall–Kier alpha value is -4.57. The number of anilines is 1. The van der Waals surface area contributed by atoms with Crippen LogP contribution in [0.2, 0.25) is 0 Å². The summed E-state index contributed by atoms with van der Waals surface area (Å²) in [6.07, 6.45) is 0.647. The molecule has 232 valence electrons. The predicted octanol–water partition coefficient (Wildman–Crippen LogP) is 3.49. The predicted molar refractivity (Wildman–Crippen MR) is 167 cm³/mol. The van der Waals surface area contributed by atoms with Gasteiger partial charge in [-0.15, -0.1) is 0 Å². The molecule has 3 aromatic carbocycles. The van der Waals surface area contributed by atoms with Crippen LogP contribution in [0.1, 0.15) is 38.3 Å². The Morgan fingerprint density at radius 1 is 0.886 bits per heavy atom. The highest BCUT2D eigenvalue weighted by Gasteiger charge is 2.45. The number of piperazine rings is 1. The minimum absolute atomic E-state index is 0.202. The van der Waals surface area contributed by atoms with Crippen LogP contribution >= 0.6 is 0 Å². The van der Waals surface area contributed by atoms with E-state index in [4.69, 9.17) is 5.73 Å². The van der Waals surface area contributed by atoms with Gasteiger partial charge in [-0.1, -0.05) is 67.6 Å². The molecule has 0 saturated carbocycles. The molecule has 4 N–H and O–H groups in total. The van der Waals surface area contributed by atoms with Gasteiger partial charge in [-0.2, -0.15) is 0 Å². The van der Waals surface area contributed by atoms with Gasteiger partial charge in [-0.3, -0.25) is 19.2 Å². The van der Waals surface area contributed by atoms with Gasteiger partial charge in [0.2, 0.25) is 11.8 Å². The summed E-state index contributed by atoms with van der Waals surface area (Å²) < 4.78 is 13.3. The zero-order chi connectivity index (χ0) is 31.9. The molecule has 3 atom stereocenters. The highest BCUT2D eigenvalue weighted by molar-refractivity contribution is 6.36. The fourth-order valence-electron chi connectivity index (χ4n) is 5.29. The van der Waals surface area contributed by atoms with E-state index in [-0.39, 0.29) is 18.9 Å². The Morgan fingerprint density at radius 3 is 2.09 bits per heavy atom. The van der Waals surface area contributed by atoms with Crippen molar-refractivity contribution in [2.24, 2.45) is 11.7 Å². The number of carbonyl (C=O) groups is 4. The molecule has 0 radical (unpaired) electrons. The summed E-state index contributed by atoms with van der Waals surface area (Å²) in [7, 11) is 0. The first-order chi connectivity index (χ1) is 21.0. The molecule has 44 heavy (non-hydrogen) atoms. The lowest BCUT2D eigenvalue weighted by molar-refractivity contribution is -0.163. The monoisotopic (exact) mass is 601 g/mol. The van der Waals surface area contributed by atoms with E-state index >= 15 is 0 Å². The average molecular weight is 602 g/mol. The van der Waals surface area contributed by atoms with Crippen molar-refractivity contribution < 1.29 is 23.6 Å². The van der Waals surface area contributed by atoms with E-state index in [0.717, 1.165) is 11.1 Å². The van der Waals surface area contributed by atoms with E-state index in [1.54, 1.807) is 20.8 Å². The van der Waals surface area contributed by atoms with Crippen LogP contribution < -0.4 is 16.4 Å². The standard InChI is InChI=1S/C34H40FN5O4/c1-23(30(41)37-27-16-14-26(35)15-17-27)20-28(36)29(21-24-10-6-4-7-11-24)38-33(44)34(2,3)40-19-18-39(31(42)32(40)43)22-25-12-8-5-9-13-25/h4-17,23,28-29H,18-22,36H2,1-3H3,(H,37,41)(H,38,44)/t23-,28+,29+/m1/s1. The van der Waals surface area contributed by atoms with E-state index in [1.165, 1.54) is 34.1 Å². The number of benzene rings is 3. The lowest BCUT2D eigenvalue weighted by atomic mass is 9.90. The number of nitrogens with one attached hydrogen (secondary N) is 2. The van der Waals surface area contributed by atoms with Crippen molar-refractivity contribution in [3.05, 3.63) is 102 Å². The van der Waals surface area contributed by atoms with Gasteiger partial charge in [0.25, 0.3) is 0 Å². The molecule has 1 saturated heterocycles. The van der Waals surface area contributed by atoms with Gasteiger partial charge < -0.3 is 26.2 Å². The summed E-state index contributed by atoms with van der Waals surface area (Å²) in [5, 5.41) is 5.80. The molecule has 0 spiro atoms. The third-order valence-electron chi connectivity index (χ3n) is 8.07. The first-order valence-corrected chi connectivity index (χ1v) is 14.8. The van der Waals surface area contributed by atoms with E-state index in [9.17, 15) is 23.6 Å². The third kappa shape index (κ3) is 8.08. The molecule has 0 unspecified atom stereocenters. The van der Waals surface area contributed by atoms with Crippen molar-refractivity contribution in [2.75, 3.05) is 18.4 Å². The number of nitrogens with two attached hydrogens (primary N) is 1. The summed E-state index contributed by atoms with van der Waals surface area (Å²) in [6.45, 7) is 5.78. The molecule has 10 heteroatoms. The first-order valence-electron chi connectivity index (χ1n) is 14.8. The van der Waals surface area contributed by atoms with Crippen LogP contribution in [0.15, 0.2) is 84.9 Å². The van der Waals surface area contributed by atoms with Gasteiger partial charge in [-0.05, 0) is 62.1 Å². The highest BCUT2D eigenvalue weighted by atomic mass is 19.1. The quantitative estimate of drug-likeness (QED) is 0.274. The van der Waals surface area contributed by atoms with Crippen LogP contribution in [0.5, 0.6) is 0 Å². The number of amides is 4. The van der Waals surface area contributed by atoms with Crippen molar-refractivity contribution in [1.29, 1.82) is 0 Å². The second kappa shape index (κ2) is 14.3. The summed E-state index contributed by atoms with van der Waals surface area (Å²) in [4.78, 5) is 55.8. The summed E-state index contributed by atoms with van der Waals surface area (Å²) in [5.74, 6) is -3.04. The molecule has 1 aliphatic heterocycles. The van der Waals surface area contributed by atoms with Gasteiger partial charge in [0.15, 0.2) is 0 Å². The molecule has 0 aromatic heterocycles. The fourth-order valence-corrected chi connectivity index (χ4v) is 5.29. The number of hydrogen-bond acceptors (Lipinski definition) is 5. The summed E-state index contributed by atoms with van der Waals surface area (Å²) in [6, 6.07) is 23.2. The Labute approximate surface area is 257 Å². The Morgan fingerprint density at radius 2 is 1.48 bits per heavy atom. The highest BCUT2D eigenvalue weighted by Crippen LogP contribution is 2.22. The van der Waals surface area contributed by atoms with E-state index in [1.807, 2.05) is 60.7 Å². The van der Waals surface area contributed by atoms with Crippen LogP contribution in [0.3, 0.4) is 0 Å². The van der Waals surface area contributed by atoms with E-state index < -0.39 is 47.1 Å². The maximum atomic E-state index is 13.8. The lowest BCUT2D eigenvalue weighted by Crippen LogP contribution is -2.66. The molecule has 4 rings (SSSR count). The Bertz CT molecular complexity index is 1450. The van der Waals surface area contributed by atoms with E-state index in [0.29, 0.717) is 25.2 Å². The van der Waals surface area contributed by atoms with Crippen LogP contribution in [0.4, 0.5) is 10.1 Å². The second-order valence-electron chi connectivity index (χ2n) is 11.8. The van der Waals surface area contributed by atoms with Gasteiger partial charge in [0.1, 0.15) is 11.4 Å². The Kier molecular flexibility index (Phi) is 10.5. The van der Waals surface area contributed by atoms with Crippen molar-refractivity contribution >= 4 is 29.3 Å². The normalized spacial score (nSPS) is 15.8. The number of halogens is 1. The molecule has 0 bridgehead atoms. The third-order valence-corrected chi connectivity index (χ3v) is 8.07. The average Bonchev–Trinajstić information content (AvgIpc) is 3.01. The fraction of sp³-hybridized carbons (Fsp3) is 0.353. The zero-order valence-electron chi connectivity index (χ0n) is 25.3. The molecule has 1 heterocycles. The molecular formula is C34H40FN5O4. The van der Waals surface area contributed by atoms with E-state index in [2.05, 4.69) is 10.6 Å². The molecular weight excluding hydrogens is 561 g/mol. The van der Waals surface area contributed by atoms with Crippen LogP contribution in [0.25, 0.3) is 0 Å². The largest absolute Gasteiger partial charge is 0.349 e. The minimum atomic E-state index is -1.34. The van der Waals surface area contributed by atoms with Gasteiger partial charge >= 0.3 is 11.8 Å². The van der Waals surface area contributed by atoms with Gasteiger partial charge in [0.05, 0.1) is 0 Å². The van der Waals surface area contributed by atoms with Crippen molar-refractivity contribution in [2.45, 2.75) is 57.8 Å². The van der Waals surface area contributed by atoms with Crippen LogP contribution in [-0.2, 0) is 32.1 Å². The molecule has 3 aromatic rings. The van der Waals surface area contributed by atoms with Crippen molar-refractivity contribution in [3.63, 3.8) is 0 Å². The number of carbonyl (C=O) groups excluding carboxylic acids is 4. The van der Waals surface area contributed by atoms with Crippen molar-refractivity contribution in [3.8, 4) is 0 Å². The summed E-state index contributed by atoms with van der Waals surface area (Å²) >= 11 is 0. The smallest absolute Gasteiger partial charge is 0.313 e. The minimum Gasteiger partial charge on any atom is -0.349 e. The SMILES string of the molecule is C[C@H](C[C@H](N)[C@H](Cc1ccccc1)NC(=O)C(C)(C)N1CCN(Cc2ccccc2)C(=O)C1=O)C(=O)Nc1ccc(F)cc1. The lowest BCUT2D eigenvalue weighted by Gasteiger charge is -2.43.